The monoisotopic (exact) mass is 256 g/mol. The molecular formula is C13H24N2O3. The van der Waals surface area contributed by atoms with Crippen LogP contribution >= 0.6 is 0 Å². The zero-order valence-corrected chi connectivity index (χ0v) is 11.5. The highest BCUT2D eigenvalue weighted by molar-refractivity contribution is 5.83. The lowest BCUT2D eigenvalue weighted by atomic mass is 9.86. The lowest BCUT2D eigenvalue weighted by Crippen LogP contribution is -2.50. The van der Waals surface area contributed by atoms with Crippen molar-refractivity contribution in [3.05, 3.63) is 0 Å². The maximum Gasteiger partial charge on any atom is 0.329 e. The van der Waals surface area contributed by atoms with Gasteiger partial charge in [0, 0.05) is 19.5 Å². The van der Waals surface area contributed by atoms with E-state index in [1.54, 1.807) is 0 Å². The molecule has 1 fully saturated rings. The van der Waals surface area contributed by atoms with Gasteiger partial charge >= 0.3 is 5.97 Å². The zero-order chi connectivity index (χ0) is 13.5. The van der Waals surface area contributed by atoms with Crippen molar-refractivity contribution >= 4 is 11.9 Å². The fourth-order valence-corrected chi connectivity index (χ4v) is 2.47. The molecule has 5 nitrogen and oxygen atoms in total. The molecule has 0 saturated heterocycles. The van der Waals surface area contributed by atoms with Crippen LogP contribution in [-0.4, -0.2) is 37.6 Å². The highest BCUT2D eigenvalue weighted by Crippen LogP contribution is 2.23. The van der Waals surface area contributed by atoms with Crippen molar-refractivity contribution in [2.45, 2.75) is 51.6 Å². The predicted octanol–water partition coefficient (Wildman–Crippen LogP) is 0.832. The molecule has 3 atom stereocenters. The molecule has 104 valence electrons. The Hall–Kier alpha value is -1.10. The van der Waals surface area contributed by atoms with Gasteiger partial charge < -0.3 is 15.4 Å². The summed E-state index contributed by atoms with van der Waals surface area (Å²) in [5, 5.41) is 5.99. The average molecular weight is 256 g/mol. The summed E-state index contributed by atoms with van der Waals surface area (Å²) < 4.78 is 4.69. The zero-order valence-electron chi connectivity index (χ0n) is 11.5. The van der Waals surface area contributed by atoms with Gasteiger partial charge in [0.05, 0.1) is 7.11 Å². The van der Waals surface area contributed by atoms with Gasteiger partial charge in [-0.05, 0) is 18.8 Å². The van der Waals surface area contributed by atoms with Gasteiger partial charge in [0.25, 0.3) is 0 Å². The fraction of sp³-hybridized carbons (Fsp3) is 0.846. The number of ether oxygens (including phenoxy) is 1. The summed E-state index contributed by atoms with van der Waals surface area (Å²) in [6, 6.07) is -0.165. The standard InChI is InChI=1S/C13H24N2O3/c1-9-6-4-5-7-11(9)14-8-12(13(17)18-3)15-10(2)16/h9,11-12,14H,4-8H2,1-3H3,(H,15,16). The lowest BCUT2D eigenvalue weighted by molar-refractivity contribution is -0.144. The third-order valence-corrected chi connectivity index (χ3v) is 3.56. The molecule has 1 amide bonds. The van der Waals surface area contributed by atoms with Crippen LogP contribution in [0.15, 0.2) is 0 Å². The Morgan fingerprint density at radius 1 is 1.33 bits per heavy atom. The number of rotatable bonds is 5. The van der Waals surface area contributed by atoms with Gasteiger partial charge in [0.15, 0.2) is 0 Å². The second kappa shape index (κ2) is 7.36. The summed E-state index contributed by atoms with van der Waals surface area (Å²) in [5.74, 6) is -0.000528. The van der Waals surface area contributed by atoms with Crippen LogP contribution in [0.1, 0.15) is 39.5 Å². The molecule has 1 rings (SSSR count). The minimum atomic E-state index is -0.596. The van der Waals surface area contributed by atoms with Gasteiger partial charge in [-0.1, -0.05) is 19.8 Å². The summed E-state index contributed by atoms with van der Waals surface area (Å²) >= 11 is 0. The maximum absolute atomic E-state index is 11.5. The van der Waals surface area contributed by atoms with Crippen molar-refractivity contribution in [3.63, 3.8) is 0 Å². The van der Waals surface area contributed by atoms with E-state index in [2.05, 4.69) is 22.3 Å². The van der Waals surface area contributed by atoms with E-state index >= 15 is 0 Å². The summed E-state index contributed by atoms with van der Waals surface area (Å²) in [4.78, 5) is 22.6. The van der Waals surface area contributed by atoms with E-state index in [0.717, 1.165) is 6.42 Å². The Labute approximate surface area is 109 Å². The molecule has 1 saturated carbocycles. The van der Waals surface area contributed by atoms with E-state index in [4.69, 9.17) is 0 Å². The molecule has 0 aromatic carbocycles. The largest absolute Gasteiger partial charge is 0.467 e. The molecule has 0 aliphatic heterocycles. The van der Waals surface area contributed by atoms with Crippen LogP contribution in [0.2, 0.25) is 0 Å². The van der Waals surface area contributed by atoms with E-state index in [1.165, 1.54) is 33.3 Å². The molecule has 1 aliphatic carbocycles. The van der Waals surface area contributed by atoms with Crippen LogP contribution in [0.3, 0.4) is 0 Å². The second-order valence-corrected chi connectivity index (χ2v) is 5.05. The third kappa shape index (κ3) is 4.64. The van der Waals surface area contributed by atoms with Crippen LogP contribution in [0.4, 0.5) is 0 Å². The lowest BCUT2D eigenvalue weighted by Gasteiger charge is -2.30. The number of methoxy groups -OCH3 is 1. The highest BCUT2D eigenvalue weighted by atomic mass is 16.5. The normalized spacial score (nSPS) is 25.3. The molecule has 0 aromatic rings. The third-order valence-electron chi connectivity index (χ3n) is 3.56. The minimum absolute atomic E-state index is 0.219. The van der Waals surface area contributed by atoms with Crippen molar-refractivity contribution in [2.24, 2.45) is 5.92 Å². The van der Waals surface area contributed by atoms with E-state index in [-0.39, 0.29) is 5.91 Å². The molecular weight excluding hydrogens is 232 g/mol. The summed E-state index contributed by atoms with van der Waals surface area (Å²) in [6.45, 7) is 4.06. The number of amides is 1. The predicted molar refractivity (Wildman–Crippen MR) is 69.0 cm³/mol. The van der Waals surface area contributed by atoms with Crippen LogP contribution in [0.25, 0.3) is 0 Å². The molecule has 0 aromatic heterocycles. The molecule has 3 unspecified atom stereocenters. The van der Waals surface area contributed by atoms with Crippen molar-refractivity contribution < 1.29 is 14.3 Å². The number of hydrogen-bond donors (Lipinski definition) is 2. The SMILES string of the molecule is COC(=O)C(CNC1CCCCC1C)NC(C)=O. The van der Waals surface area contributed by atoms with Crippen LogP contribution in [0.5, 0.6) is 0 Å². The van der Waals surface area contributed by atoms with Crippen molar-refractivity contribution in [1.82, 2.24) is 10.6 Å². The topological polar surface area (TPSA) is 67.4 Å². The Balaban J connectivity index is 2.45. The Bertz CT molecular complexity index is 294. The molecule has 0 heterocycles. The average Bonchev–Trinajstić information content (AvgIpc) is 2.34. The van der Waals surface area contributed by atoms with Gasteiger partial charge in [-0.15, -0.1) is 0 Å². The molecule has 18 heavy (non-hydrogen) atoms. The smallest absolute Gasteiger partial charge is 0.329 e. The van der Waals surface area contributed by atoms with Crippen molar-refractivity contribution in [3.8, 4) is 0 Å². The molecule has 1 aliphatic rings. The first kappa shape index (κ1) is 15.0. The number of nitrogens with one attached hydrogen (secondary N) is 2. The number of carbonyl (C=O) groups excluding carboxylic acids is 2. The second-order valence-electron chi connectivity index (χ2n) is 5.05. The van der Waals surface area contributed by atoms with Gasteiger partial charge in [-0.3, -0.25) is 4.79 Å². The molecule has 5 heteroatoms. The highest BCUT2D eigenvalue weighted by Gasteiger charge is 2.25. The minimum Gasteiger partial charge on any atom is -0.467 e. The number of carbonyl (C=O) groups is 2. The fourth-order valence-electron chi connectivity index (χ4n) is 2.47. The number of hydrogen-bond acceptors (Lipinski definition) is 4. The Morgan fingerprint density at radius 2 is 2.00 bits per heavy atom. The molecule has 0 radical (unpaired) electrons. The van der Waals surface area contributed by atoms with Gasteiger partial charge in [-0.2, -0.15) is 0 Å². The summed E-state index contributed by atoms with van der Waals surface area (Å²) in [7, 11) is 1.33. The van der Waals surface area contributed by atoms with Crippen molar-refractivity contribution in [1.29, 1.82) is 0 Å². The molecule has 2 N–H and O–H groups in total. The quantitative estimate of drug-likeness (QED) is 0.715. The first-order chi connectivity index (χ1) is 8.54. The van der Waals surface area contributed by atoms with E-state index < -0.39 is 12.0 Å². The number of esters is 1. The first-order valence-electron chi connectivity index (χ1n) is 6.63. The molecule has 0 spiro atoms. The van der Waals surface area contributed by atoms with Gasteiger partial charge in [0.2, 0.25) is 5.91 Å². The van der Waals surface area contributed by atoms with E-state index in [1.807, 2.05) is 0 Å². The Kier molecular flexibility index (Phi) is 6.12. The van der Waals surface area contributed by atoms with E-state index in [9.17, 15) is 9.59 Å². The summed E-state index contributed by atoms with van der Waals surface area (Å²) in [6.07, 6.45) is 4.87. The Morgan fingerprint density at radius 3 is 2.56 bits per heavy atom. The van der Waals surface area contributed by atoms with Gasteiger partial charge in [-0.25, -0.2) is 4.79 Å². The maximum atomic E-state index is 11.5. The van der Waals surface area contributed by atoms with Crippen LogP contribution < -0.4 is 10.6 Å². The van der Waals surface area contributed by atoms with Gasteiger partial charge in [0.1, 0.15) is 6.04 Å². The van der Waals surface area contributed by atoms with Crippen molar-refractivity contribution in [2.75, 3.05) is 13.7 Å². The summed E-state index contributed by atoms with van der Waals surface area (Å²) in [5.41, 5.74) is 0. The first-order valence-corrected chi connectivity index (χ1v) is 6.63. The van der Waals surface area contributed by atoms with E-state index in [0.29, 0.717) is 18.5 Å². The van der Waals surface area contributed by atoms with Crippen LogP contribution in [0, 0.1) is 5.92 Å². The van der Waals surface area contributed by atoms with Crippen LogP contribution in [-0.2, 0) is 14.3 Å². The molecule has 0 bridgehead atoms.